The average molecular weight is 402 g/mol. The Bertz CT molecular complexity index is 1060. The maximum absolute atomic E-state index is 13.1. The van der Waals surface area contributed by atoms with E-state index in [0.29, 0.717) is 6.54 Å². The molecule has 0 saturated heterocycles. The summed E-state index contributed by atoms with van der Waals surface area (Å²) in [5, 5.41) is 14.7. The van der Waals surface area contributed by atoms with Crippen molar-refractivity contribution >= 4 is 5.91 Å². The minimum absolute atomic E-state index is 0.0442. The molecule has 5 nitrogen and oxygen atoms in total. The molecule has 1 fully saturated rings. The van der Waals surface area contributed by atoms with Gasteiger partial charge >= 0.3 is 0 Å². The van der Waals surface area contributed by atoms with Gasteiger partial charge in [-0.2, -0.15) is 5.10 Å². The van der Waals surface area contributed by atoms with Gasteiger partial charge in [0.25, 0.3) is 5.91 Å². The summed E-state index contributed by atoms with van der Waals surface area (Å²) < 4.78 is 1.84. The van der Waals surface area contributed by atoms with Crippen molar-refractivity contribution in [2.24, 2.45) is 0 Å². The van der Waals surface area contributed by atoms with E-state index in [1.165, 1.54) is 16.7 Å². The van der Waals surface area contributed by atoms with Crippen LogP contribution in [0, 0.1) is 6.92 Å². The van der Waals surface area contributed by atoms with Gasteiger partial charge in [0.05, 0.1) is 17.8 Å². The van der Waals surface area contributed by atoms with Crippen LogP contribution in [-0.4, -0.2) is 37.8 Å². The van der Waals surface area contributed by atoms with Gasteiger partial charge in [0.2, 0.25) is 0 Å². The maximum Gasteiger partial charge on any atom is 0.254 e. The molecule has 1 saturated carbocycles. The number of nitrogens with zero attached hydrogens (tertiary/aromatic N) is 3. The van der Waals surface area contributed by atoms with Crippen molar-refractivity contribution in [1.29, 1.82) is 0 Å². The van der Waals surface area contributed by atoms with Gasteiger partial charge < -0.3 is 10.0 Å². The number of hydrogen-bond acceptors (Lipinski definition) is 3. The van der Waals surface area contributed by atoms with E-state index in [4.69, 9.17) is 0 Å². The van der Waals surface area contributed by atoms with Gasteiger partial charge in [-0.3, -0.25) is 4.79 Å². The van der Waals surface area contributed by atoms with Crippen molar-refractivity contribution in [3.8, 4) is 5.69 Å². The molecule has 30 heavy (non-hydrogen) atoms. The number of carbonyl (C=O) groups excluding carboxylic acids is 1. The monoisotopic (exact) mass is 401 g/mol. The zero-order chi connectivity index (χ0) is 20.7. The molecule has 2 unspecified atom stereocenters. The number of aromatic nitrogens is 2. The molecule has 2 aliphatic rings. The molecule has 0 spiro atoms. The summed E-state index contributed by atoms with van der Waals surface area (Å²) >= 11 is 0. The fraction of sp³-hybridized carbons (Fsp3) is 0.360. The van der Waals surface area contributed by atoms with E-state index in [-0.39, 0.29) is 11.9 Å². The molecule has 1 N–H and O–H groups in total. The first kappa shape index (κ1) is 19.1. The number of benzene rings is 2. The van der Waals surface area contributed by atoms with Crippen molar-refractivity contribution in [2.45, 2.75) is 57.7 Å². The molecule has 5 heteroatoms. The van der Waals surface area contributed by atoms with Crippen LogP contribution in [0.4, 0.5) is 0 Å². The first-order chi connectivity index (χ1) is 14.6. The number of rotatable bonds is 4. The fourth-order valence-electron chi connectivity index (χ4n) is 4.87. The van der Waals surface area contributed by atoms with Crippen LogP contribution in [0.25, 0.3) is 5.69 Å². The zero-order valence-electron chi connectivity index (χ0n) is 17.3. The number of amides is 1. The van der Waals surface area contributed by atoms with E-state index in [9.17, 15) is 9.90 Å². The highest BCUT2D eigenvalue weighted by Crippen LogP contribution is 2.33. The van der Waals surface area contributed by atoms with Crippen LogP contribution in [-0.2, 0) is 13.0 Å². The lowest BCUT2D eigenvalue weighted by molar-refractivity contribution is 0.0191. The van der Waals surface area contributed by atoms with E-state index in [1.807, 2.05) is 21.8 Å². The quantitative estimate of drug-likeness (QED) is 0.718. The predicted molar refractivity (Wildman–Crippen MR) is 116 cm³/mol. The highest BCUT2D eigenvalue weighted by atomic mass is 16.3. The van der Waals surface area contributed by atoms with E-state index in [0.717, 1.165) is 48.9 Å². The average Bonchev–Trinajstić information content (AvgIpc) is 3.39. The summed E-state index contributed by atoms with van der Waals surface area (Å²) in [7, 11) is 0. The molecule has 154 valence electrons. The van der Waals surface area contributed by atoms with Gasteiger partial charge in [0.1, 0.15) is 0 Å². The second kappa shape index (κ2) is 7.73. The number of aliphatic hydroxyl groups excluding tert-OH is 1. The molecule has 1 aliphatic carbocycles. The number of hydrogen-bond donors (Lipinski definition) is 1. The molecular weight excluding hydrogens is 374 g/mol. The van der Waals surface area contributed by atoms with Crippen molar-refractivity contribution in [3.63, 3.8) is 0 Å². The molecule has 2 atom stereocenters. The van der Waals surface area contributed by atoms with Crippen LogP contribution < -0.4 is 0 Å². The smallest absolute Gasteiger partial charge is 0.254 e. The standard InChI is InChI=1S/C25H27N3O2/c1-17-13-20-16-27(23-5-2-3-6-24(23)29)25(30)22(20)15-19(17)14-18-7-9-21(10-8-18)28-12-4-11-26-28/h4,7-13,15,23-24,29H,2-3,5-6,14,16H2,1H3. The van der Waals surface area contributed by atoms with Crippen LogP contribution in [0.5, 0.6) is 0 Å². The zero-order valence-corrected chi connectivity index (χ0v) is 17.3. The van der Waals surface area contributed by atoms with Crippen LogP contribution in [0.2, 0.25) is 0 Å². The minimum atomic E-state index is -0.397. The Morgan fingerprint density at radius 2 is 1.93 bits per heavy atom. The normalized spacial score (nSPS) is 21.1. The molecule has 1 aromatic heterocycles. The maximum atomic E-state index is 13.1. The third-order valence-corrected chi connectivity index (χ3v) is 6.59. The van der Waals surface area contributed by atoms with Crippen LogP contribution in [0.15, 0.2) is 54.9 Å². The number of fused-ring (bicyclic) bond motifs is 1. The molecule has 1 aliphatic heterocycles. The van der Waals surface area contributed by atoms with Gasteiger partial charge in [0.15, 0.2) is 0 Å². The lowest BCUT2D eigenvalue weighted by atomic mass is 9.91. The first-order valence-electron chi connectivity index (χ1n) is 10.8. The summed E-state index contributed by atoms with van der Waals surface area (Å²) in [5.41, 5.74) is 6.53. The van der Waals surface area contributed by atoms with Crippen LogP contribution >= 0.6 is 0 Å². The largest absolute Gasteiger partial charge is 0.391 e. The van der Waals surface area contributed by atoms with Gasteiger partial charge in [-0.15, -0.1) is 0 Å². The number of aliphatic hydroxyl groups is 1. The van der Waals surface area contributed by atoms with E-state index >= 15 is 0 Å². The molecule has 0 radical (unpaired) electrons. The Kier molecular flexibility index (Phi) is 4.91. The number of aryl methyl sites for hydroxylation is 1. The topological polar surface area (TPSA) is 58.4 Å². The van der Waals surface area contributed by atoms with Gasteiger partial charge in [-0.25, -0.2) is 4.68 Å². The Morgan fingerprint density at radius 1 is 1.13 bits per heavy atom. The highest BCUT2D eigenvalue weighted by Gasteiger charge is 2.37. The van der Waals surface area contributed by atoms with E-state index < -0.39 is 6.10 Å². The van der Waals surface area contributed by atoms with E-state index in [1.54, 1.807) is 6.20 Å². The second-order valence-corrected chi connectivity index (χ2v) is 8.58. The van der Waals surface area contributed by atoms with Crippen molar-refractivity contribution < 1.29 is 9.90 Å². The summed E-state index contributed by atoms with van der Waals surface area (Å²) in [6.45, 7) is 2.74. The van der Waals surface area contributed by atoms with Gasteiger partial charge in [0, 0.05) is 24.5 Å². The minimum Gasteiger partial charge on any atom is -0.391 e. The second-order valence-electron chi connectivity index (χ2n) is 8.58. The van der Waals surface area contributed by atoms with Gasteiger partial charge in [-0.05, 0) is 72.7 Å². The summed E-state index contributed by atoms with van der Waals surface area (Å²) in [6, 6.07) is 14.5. The number of carbonyl (C=O) groups is 1. The summed E-state index contributed by atoms with van der Waals surface area (Å²) in [4.78, 5) is 15.0. The Labute approximate surface area is 177 Å². The summed E-state index contributed by atoms with van der Waals surface area (Å²) in [5.74, 6) is 0.0752. The van der Waals surface area contributed by atoms with Crippen LogP contribution in [0.3, 0.4) is 0 Å². The van der Waals surface area contributed by atoms with Crippen molar-refractivity contribution in [2.75, 3.05) is 0 Å². The lowest BCUT2D eigenvalue weighted by Gasteiger charge is -2.35. The fourth-order valence-corrected chi connectivity index (χ4v) is 4.87. The Morgan fingerprint density at radius 3 is 2.67 bits per heavy atom. The SMILES string of the molecule is Cc1cc2c(cc1Cc1ccc(-n3cccn3)cc1)C(=O)N(C1CCCCC1O)C2. The van der Waals surface area contributed by atoms with Crippen molar-refractivity contribution in [1.82, 2.24) is 14.7 Å². The molecular formula is C25H27N3O2. The molecule has 2 aromatic carbocycles. The first-order valence-corrected chi connectivity index (χ1v) is 10.8. The highest BCUT2D eigenvalue weighted by molar-refractivity contribution is 5.99. The Balaban J connectivity index is 1.37. The molecule has 3 aromatic rings. The Hall–Kier alpha value is -2.92. The third kappa shape index (κ3) is 3.43. The van der Waals surface area contributed by atoms with Crippen molar-refractivity contribution in [3.05, 3.63) is 82.7 Å². The van der Waals surface area contributed by atoms with Crippen LogP contribution in [0.1, 0.15) is 58.3 Å². The predicted octanol–water partition coefficient (Wildman–Crippen LogP) is 4.03. The lowest BCUT2D eigenvalue weighted by Crippen LogP contribution is -2.45. The third-order valence-electron chi connectivity index (χ3n) is 6.59. The molecule has 0 bridgehead atoms. The molecule has 5 rings (SSSR count). The molecule has 2 heterocycles. The van der Waals surface area contributed by atoms with Gasteiger partial charge in [-0.1, -0.05) is 31.0 Å². The van der Waals surface area contributed by atoms with E-state index in [2.05, 4.69) is 48.4 Å². The molecule has 1 amide bonds. The summed E-state index contributed by atoms with van der Waals surface area (Å²) in [6.07, 6.45) is 7.92.